The summed E-state index contributed by atoms with van der Waals surface area (Å²) < 4.78 is 12.8. The van der Waals surface area contributed by atoms with Gasteiger partial charge < -0.3 is 9.47 Å². The molecule has 0 bridgehead atoms. The lowest BCUT2D eigenvalue weighted by Crippen LogP contribution is -2.19. The summed E-state index contributed by atoms with van der Waals surface area (Å²) in [6, 6.07) is 5.34. The number of hydrogen-bond acceptors (Lipinski definition) is 7. The molecule has 0 saturated carbocycles. The van der Waals surface area contributed by atoms with Crippen molar-refractivity contribution in [2.45, 2.75) is 13.8 Å². The summed E-state index contributed by atoms with van der Waals surface area (Å²) in [5, 5.41) is 8.12. The Balaban J connectivity index is 1.80. The number of methoxy groups -OCH3 is 2. The summed E-state index contributed by atoms with van der Waals surface area (Å²) >= 11 is 3.40. The zero-order valence-corrected chi connectivity index (χ0v) is 16.7. The van der Waals surface area contributed by atoms with Crippen molar-refractivity contribution in [3.63, 3.8) is 0 Å². The molecule has 10 heteroatoms. The second kappa shape index (κ2) is 7.70. The number of hydrazone groups is 1. The largest absolute Gasteiger partial charge is 0.496 e. The molecular weight excluding hydrogens is 416 g/mol. The second-order valence-electron chi connectivity index (χ2n) is 5.61. The molecular formula is C17H17BrN6O3. The van der Waals surface area contributed by atoms with Crippen LogP contribution in [0.1, 0.15) is 27.6 Å². The van der Waals surface area contributed by atoms with Crippen molar-refractivity contribution < 1.29 is 14.3 Å². The highest BCUT2D eigenvalue weighted by molar-refractivity contribution is 9.10. The third kappa shape index (κ3) is 3.90. The molecule has 0 unspecified atom stereocenters. The lowest BCUT2D eigenvalue weighted by Gasteiger charge is -2.09. The number of carbonyl (C=O) groups excluding carboxylic acids is 1. The van der Waals surface area contributed by atoms with Crippen LogP contribution in [-0.4, -0.2) is 45.9 Å². The van der Waals surface area contributed by atoms with Crippen molar-refractivity contribution in [2.75, 3.05) is 14.2 Å². The van der Waals surface area contributed by atoms with Crippen LogP contribution in [0, 0.1) is 13.8 Å². The maximum absolute atomic E-state index is 12.3. The first-order valence-electron chi connectivity index (χ1n) is 7.89. The van der Waals surface area contributed by atoms with Crippen molar-refractivity contribution in [1.29, 1.82) is 0 Å². The highest BCUT2D eigenvalue weighted by Crippen LogP contribution is 2.31. The number of aryl methyl sites for hydroxylation is 2. The molecule has 0 aliphatic rings. The molecule has 0 aliphatic carbocycles. The summed E-state index contributed by atoms with van der Waals surface area (Å²) in [6.07, 6.45) is 1.46. The summed E-state index contributed by atoms with van der Waals surface area (Å²) in [7, 11) is 3.10. The maximum Gasteiger partial charge on any atom is 0.311 e. The van der Waals surface area contributed by atoms with E-state index in [-0.39, 0.29) is 5.82 Å². The maximum atomic E-state index is 12.3. The van der Waals surface area contributed by atoms with Crippen LogP contribution in [0.3, 0.4) is 0 Å². The van der Waals surface area contributed by atoms with Crippen molar-refractivity contribution in [2.24, 2.45) is 5.10 Å². The van der Waals surface area contributed by atoms with Gasteiger partial charge in [-0.25, -0.2) is 14.9 Å². The van der Waals surface area contributed by atoms with Crippen LogP contribution in [0.15, 0.2) is 27.8 Å². The zero-order valence-electron chi connectivity index (χ0n) is 15.1. The number of carbonyl (C=O) groups is 1. The predicted molar refractivity (Wildman–Crippen MR) is 103 cm³/mol. The number of nitrogens with zero attached hydrogens (tertiary/aromatic N) is 5. The smallest absolute Gasteiger partial charge is 0.311 e. The van der Waals surface area contributed by atoms with Gasteiger partial charge in [0.2, 0.25) is 5.82 Å². The van der Waals surface area contributed by atoms with Crippen molar-refractivity contribution in [3.05, 3.63) is 45.4 Å². The monoisotopic (exact) mass is 432 g/mol. The van der Waals surface area contributed by atoms with E-state index in [4.69, 9.17) is 9.47 Å². The van der Waals surface area contributed by atoms with Gasteiger partial charge in [0.25, 0.3) is 5.78 Å². The average Bonchev–Trinajstić information content (AvgIpc) is 3.06. The van der Waals surface area contributed by atoms with E-state index in [1.807, 2.05) is 19.9 Å². The molecule has 2 aromatic heterocycles. The number of ether oxygens (including phenoxy) is 2. The van der Waals surface area contributed by atoms with E-state index in [9.17, 15) is 4.79 Å². The van der Waals surface area contributed by atoms with Crippen molar-refractivity contribution >= 4 is 33.8 Å². The van der Waals surface area contributed by atoms with Gasteiger partial charge in [0.05, 0.1) is 24.9 Å². The summed E-state index contributed by atoms with van der Waals surface area (Å²) in [4.78, 5) is 20.7. The van der Waals surface area contributed by atoms with E-state index in [0.29, 0.717) is 22.8 Å². The van der Waals surface area contributed by atoms with Crippen LogP contribution >= 0.6 is 15.9 Å². The van der Waals surface area contributed by atoms with Gasteiger partial charge in [-0.1, -0.05) is 0 Å². The normalized spacial score (nSPS) is 11.1. The molecule has 9 nitrogen and oxygen atoms in total. The van der Waals surface area contributed by atoms with E-state index in [1.165, 1.54) is 17.8 Å². The molecule has 0 fully saturated rings. The van der Waals surface area contributed by atoms with Crippen LogP contribution in [-0.2, 0) is 0 Å². The highest BCUT2D eigenvalue weighted by atomic mass is 79.9. The van der Waals surface area contributed by atoms with E-state index in [0.717, 1.165) is 15.9 Å². The lowest BCUT2D eigenvalue weighted by molar-refractivity contribution is 0.0945. The highest BCUT2D eigenvalue weighted by Gasteiger charge is 2.14. The number of nitrogens with one attached hydrogen (secondary N) is 1. The van der Waals surface area contributed by atoms with Crippen LogP contribution in [0.4, 0.5) is 0 Å². The van der Waals surface area contributed by atoms with Crippen LogP contribution in [0.25, 0.3) is 5.78 Å². The summed E-state index contributed by atoms with van der Waals surface area (Å²) in [6.45, 7) is 3.72. The Hall–Kier alpha value is -3.01. The topological polar surface area (TPSA) is 103 Å². The standard InChI is InChI=1S/C17H17BrN6O3/c1-9-5-10(2)24-17(20-9)21-15(23-24)16(25)22-19-8-11-6-12(18)14(27-4)7-13(11)26-3/h5-8H,1-4H3,(H,22,25)/b19-8+. The lowest BCUT2D eigenvalue weighted by atomic mass is 10.2. The Morgan fingerprint density at radius 3 is 2.63 bits per heavy atom. The van der Waals surface area contributed by atoms with Crippen molar-refractivity contribution in [3.8, 4) is 11.5 Å². The minimum atomic E-state index is -0.541. The van der Waals surface area contributed by atoms with Gasteiger partial charge in [-0.15, -0.1) is 5.10 Å². The number of aromatic nitrogens is 4. The molecule has 2 heterocycles. The number of halogens is 1. The first-order chi connectivity index (χ1) is 12.9. The molecule has 0 aliphatic heterocycles. The SMILES string of the molecule is COc1cc(OC)c(/C=N/NC(=O)c2nc3nc(C)cc(C)n3n2)cc1Br. The number of amides is 1. The van der Waals surface area contributed by atoms with Crippen molar-refractivity contribution in [1.82, 2.24) is 25.0 Å². The van der Waals surface area contributed by atoms with E-state index in [1.54, 1.807) is 19.2 Å². The Labute approximate surface area is 163 Å². The van der Waals surface area contributed by atoms with Crippen LogP contribution in [0.2, 0.25) is 0 Å². The van der Waals surface area contributed by atoms with Gasteiger partial charge in [0.15, 0.2) is 0 Å². The van der Waals surface area contributed by atoms with E-state index >= 15 is 0 Å². The molecule has 1 aromatic carbocycles. The first-order valence-corrected chi connectivity index (χ1v) is 8.68. The molecule has 0 radical (unpaired) electrons. The zero-order chi connectivity index (χ0) is 19.6. The second-order valence-corrected chi connectivity index (χ2v) is 6.47. The van der Waals surface area contributed by atoms with Crippen LogP contribution in [0.5, 0.6) is 11.5 Å². The van der Waals surface area contributed by atoms with Gasteiger partial charge in [0, 0.05) is 23.0 Å². The summed E-state index contributed by atoms with van der Waals surface area (Å²) in [5.41, 5.74) is 4.69. The number of benzene rings is 1. The fraction of sp³-hybridized carbons (Fsp3) is 0.235. The number of rotatable bonds is 5. The predicted octanol–water partition coefficient (Wildman–Crippen LogP) is 2.28. The Morgan fingerprint density at radius 1 is 1.19 bits per heavy atom. The Morgan fingerprint density at radius 2 is 1.93 bits per heavy atom. The van der Waals surface area contributed by atoms with E-state index < -0.39 is 5.91 Å². The third-order valence-electron chi connectivity index (χ3n) is 3.70. The summed E-state index contributed by atoms with van der Waals surface area (Å²) in [5.74, 6) is 0.980. The fourth-order valence-electron chi connectivity index (χ4n) is 2.46. The quantitative estimate of drug-likeness (QED) is 0.489. The number of fused-ring (bicyclic) bond motifs is 1. The minimum Gasteiger partial charge on any atom is -0.496 e. The third-order valence-corrected chi connectivity index (χ3v) is 4.31. The minimum absolute atomic E-state index is 0.0174. The molecule has 1 N–H and O–H groups in total. The van der Waals surface area contributed by atoms with E-state index in [2.05, 4.69) is 41.5 Å². The molecule has 0 atom stereocenters. The molecule has 0 spiro atoms. The molecule has 140 valence electrons. The molecule has 1 amide bonds. The van der Waals surface area contributed by atoms with Gasteiger partial charge in [0.1, 0.15) is 11.5 Å². The first kappa shape index (κ1) is 18.8. The van der Waals surface area contributed by atoms with Gasteiger partial charge in [-0.2, -0.15) is 10.1 Å². The Kier molecular flexibility index (Phi) is 5.36. The Bertz CT molecular complexity index is 1050. The average molecular weight is 433 g/mol. The molecule has 0 saturated heterocycles. The van der Waals surface area contributed by atoms with Crippen LogP contribution < -0.4 is 14.9 Å². The van der Waals surface area contributed by atoms with Gasteiger partial charge in [-0.05, 0) is 41.9 Å². The molecule has 3 aromatic rings. The van der Waals surface area contributed by atoms with Gasteiger partial charge in [-0.3, -0.25) is 4.79 Å². The number of hydrogen-bond donors (Lipinski definition) is 1. The van der Waals surface area contributed by atoms with Gasteiger partial charge >= 0.3 is 5.91 Å². The fourth-order valence-corrected chi connectivity index (χ4v) is 2.98. The molecule has 3 rings (SSSR count). The molecule has 27 heavy (non-hydrogen) atoms.